The highest BCUT2D eigenvalue weighted by Crippen LogP contribution is 2.33. The first-order valence-corrected chi connectivity index (χ1v) is 7.38. The maximum absolute atomic E-state index is 13.7. The molecule has 0 fully saturated rings. The van der Waals surface area contributed by atoms with Crippen molar-refractivity contribution in [2.45, 2.75) is 11.8 Å². The highest BCUT2D eigenvalue weighted by molar-refractivity contribution is 7.13. The smallest absolute Gasteiger partial charge is 0.442 e. The monoisotopic (exact) mass is 359 g/mol. The fraction of sp³-hybridized carbons (Fsp3) is 0.214. The Morgan fingerprint density at radius 1 is 1.21 bits per heavy atom. The molecule has 2 N–H and O–H groups in total. The molecule has 0 saturated carbocycles. The van der Waals surface area contributed by atoms with Crippen LogP contribution in [0.4, 0.5) is 18.3 Å². The predicted octanol–water partition coefficient (Wildman–Crippen LogP) is 2.42. The van der Waals surface area contributed by atoms with E-state index in [1.807, 2.05) is 5.32 Å². The topological polar surface area (TPSA) is 80.3 Å². The van der Waals surface area contributed by atoms with Crippen molar-refractivity contribution in [1.82, 2.24) is 10.3 Å². The van der Waals surface area contributed by atoms with E-state index in [1.165, 1.54) is 35.8 Å². The number of alkyl halides is 3. The van der Waals surface area contributed by atoms with Gasteiger partial charge in [0.1, 0.15) is 0 Å². The largest absolute Gasteiger partial charge is 0.466 e. The molecule has 1 heterocycles. The first kappa shape index (κ1) is 17.7. The van der Waals surface area contributed by atoms with Crippen LogP contribution in [0.5, 0.6) is 0 Å². The number of rotatable bonds is 5. The molecule has 0 aliphatic heterocycles. The average molecular weight is 359 g/mol. The van der Waals surface area contributed by atoms with Gasteiger partial charge in [0.2, 0.25) is 0 Å². The first-order valence-electron chi connectivity index (χ1n) is 6.50. The van der Waals surface area contributed by atoms with Crippen LogP contribution in [0.1, 0.15) is 10.4 Å². The van der Waals surface area contributed by atoms with Gasteiger partial charge in [-0.05, 0) is 12.1 Å². The molecule has 0 aliphatic rings. The zero-order valence-corrected chi connectivity index (χ0v) is 13.1. The summed E-state index contributed by atoms with van der Waals surface area (Å²) in [5.41, 5.74) is -3.51. The molecule has 0 bridgehead atoms. The zero-order valence-electron chi connectivity index (χ0n) is 12.3. The van der Waals surface area contributed by atoms with Gasteiger partial charge >= 0.3 is 17.8 Å². The van der Waals surface area contributed by atoms with Gasteiger partial charge in [-0.15, -0.1) is 11.3 Å². The number of carbonyl (C=O) groups is 2. The second-order valence-corrected chi connectivity index (χ2v) is 5.42. The number of amides is 1. The third-order valence-corrected chi connectivity index (χ3v) is 3.67. The maximum Gasteiger partial charge on any atom is 0.442 e. The zero-order chi connectivity index (χ0) is 17.8. The molecule has 2 rings (SSSR count). The number of ether oxygens (including phenoxy) is 1. The highest BCUT2D eigenvalue weighted by Gasteiger charge is 2.64. The summed E-state index contributed by atoms with van der Waals surface area (Å²) >= 11 is 0.835. The van der Waals surface area contributed by atoms with E-state index >= 15 is 0 Å². The van der Waals surface area contributed by atoms with Gasteiger partial charge < -0.3 is 15.4 Å². The van der Waals surface area contributed by atoms with Crippen molar-refractivity contribution in [2.24, 2.45) is 0 Å². The number of esters is 1. The lowest BCUT2D eigenvalue weighted by atomic mass is 10.1. The van der Waals surface area contributed by atoms with Crippen LogP contribution in [0, 0.1) is 0 Å². The number of nitrogens with zero attached hydrogens (tertiary/aromatic N) is 1. The van der Waals surface area contributed by atoms with Gasteiger partial charge in [-0.3, -0.25) is 4.79 Å². The quantitative estimate of drug-likeness (QED) is 0.633. The molecule has 1 aromatic heterocycles. The molecule has 128 valence electrons. The maximum atomic E-state index is 13.7. The minimum absolute atomic E-state index is 0.0454. The van der Waals surface area contributed by atoms with E-state index < -0.39 is 23.7 Å². The minimum atomic E-state index is -5.18. The van der Waals surface area contributed by atoms with Crippen molar-refractivity contribution in [3.05, 3.63) is 47.5 Å². The Hall–Kier alpha value is -2.62. The molecule has 1 amide bonds. The number of methoxy groups -OCH3 is 1. The average Bonchev–Trinajstić information content (AvgIpc) is 3.06. The summed E-state index contributed by atoms with van der Waals surface area (Å²) in [6.07, 6.45) is -3.93. The summed E-state index contributed by atoms with van der Waals surface area (Å²) in [6.45, 7) is 0. The number of benzene rings is 1. The van der Waals surface area contributed by atoms with Crippen LogP contribution in [-0.2, 0) is 9.53 Å². The molecule has 10 heteroatoms. The summed E-state index contributed by atoms with van der Waals surface area (Å²) in [4.78, 5) is 27.8. The van der Waals surface area contributed by atoms with Crippen LogP contribution in [0.25, 0.3) is 0 Å². The second kappa shape index (κ2) is 6.87. The molecule has 2 aromatic rings. The number of anilines is 1. The van der Waals surface area contributed by atoms with E-state index in [4.69, 9.17) is 0 Å². The number of hydrogen-bond donors (Lipinski definition) is 2. The number of aromatic nitrogens is 1. The SMILES string of the molecule is COC(=O)[C@](NC(=O)c1ccccc1)(Nc1nccs1)C(F)(F)F. The van der Waals surface area contributed by atoms with Gasteiger partial charge in [0.15, 0.2) is 5.13 Å². The van der Waals surface area contributed by atoms with Crippen LogP contribution < -0.4 is 10.6 Å². The van der Waals surface area contributed by atoms with Gasteiger partial charge in [-0.25, -0.2) is 9.78 Å². The summed E-state index contributed by atoms with van der Waals surface area (Å²) in [5, 5.41) is 4.85. The number of nitrogens with one attached hydrogen (secondary N) is 2. The van der Waals surface area contributed by atoms with Crippen LogP contribution in [-0.4, -0.2) is 35.8 Å². The molecular formula is C14H12F3N3O3S. The lowest BCUT2D eigenvalue weighted by Gasteiger charge is -2.34. The fourth-order valence-electron chi connectivity index (χ4n) is 1.82. The number of carbonyl (C=O) groups excluding carboxylic acids is 2. The van der Waals surface area contributed by atoms with Crippen molar-refractivity contribution < 1.29 is 27.5 Å². The van der Waals surface area contributed by atoms with Crippen molar-refractivity contribution >= 4 is 28.3 Å². The summed E-state index contributed by atoms with van der Waals surface area (Å²) in [5.74, 6) is -2.81. The minimum Gasteiger partial charge on any atom is -0.466 e. The Bertz CT molecular complexity index is 707. The van der Waals surface area contributed by atoms with Gasteiger partial charge in [-0.2, -0.15) is 13.2 Å². The van der Waals surface area contributed by atoms with Crippen molar-refractivity contribution in [3.63, 3.8) is 0 Å². The molecule has 0 radical (unpaired) electrons. The summed E-state index contributed by atoms with van der Waals surface area (Å²) in [7, 11) is 0.793. The molecule has 1 aromatic carbocycles. The summed E-state index contributed by atoms with van der Waals surface area (Å²) < 4.78 is 45.3. The molecule has 0 unspecified atom stereocenters. The Balaban J connectivity index is 2.44. The standard InChI is InChI=1S/C14H12F3N3O3S/c1-23-11(22)13(14(15,16)17,20-12-18-7-8-24-12)19-10(21)9-5-3-2-4-6-9/h2-8H,1H3,(H,18,20)(H,19,21)/t13-/m0/s1. The first-order chi connectivity index (χ1) is 11.3. The number of hydrogen-bond acceptors (Lipinski definition) is 6. The van der Waals surface area contributed by atoms with Crippen molar-refractivity contribution in [2.75, 3.05) is 12.4 Å². The Morgan fingerprint density at radius 3 is 2.38 bits per heavy atom. The van der Waals surface area contributed by atoms with Crippen LogP contribution in [0.15, 0.2) is 41.9 Å². The van der Waals surface area contributed by atoms with Crippen LogP contribution in [0.2, 0.25) is 0 Å². The van der Waals surface area contributed by atoms with Crippen LogP contribution in [0.3, 0.4) is 0 Å². The van der Waals surface area contributed by atoms with Gasteiger partial charge in [0.05, 0.1) is 7.11 Å². The fourth-order valence-corrected chi connectivity index (χ4v) is 2.41. The molecule has 1 atom stereocenters. The Morgan fingerprint density at radius 2 is 1.88 bits per heavy atom. The summed E-state index contributed by atoms with van der Waals surface area (Å²) in [6, 6.07) is 7.20. The van der Waals surface area contributed by atoms with E-state index in [9.17, 15) is 22.8 Å². The van der Waals surface area contributed by atoms with E-state index in [1.54, 1.807) is 11.4 Å². The normalized spacial score (nSPS) is 13.7. The molecule has 0 spiro atoms. The highest BCUT2D eigenvalue weighted by atomic mass is 32.1. The third kappa shape index (κ3) is 3.48. The number of thiazole rings is 1. The predicted molar refractivity (Wildman–Crippen MR) is 80.4 cm³/mol. The molecule has 0 aliphatic carbocycles. The lowest BCUT2D eigenvalue weighted by Crippen LogP contribution is -2.69. The number of halogens is 3. The Kier molecular flexibility index (Phi) is 5.07. The van der Waals surface area contributed by atoms with E-state index in [2.05, 4.69) is 9.72 Å². The van der Waals surface area contributed by atoms with Crippen molar-refractivity contribution in [3.8, 4) is 0 Å². The lowest BCUT2D eigenvalue weighted by molar-refractivity contribution is -0.203. The van der Waals surface area contributed by atoms with Crippen molar-refractivity contribution in [1.29, 1.82) is 0 Å². The Labute approximate surface area is 138 Å². The third-order valence-electron chi connectivity index (χ3n) is 2.98. The molecule has 24 heavy (non-hydrogen) atoms. The van der Waals surface area contributed by atoms with E-state index in [0.29, 0.717) is 0 Å². The van der Waals surface area contributed by atoms with Gasteiger partial charge in [0.25, 0.3) is 5.91 Å². The van der Waals surface area contributed by atoms with Gasteiger partial charge in [0, 0.05) is 17.1 Å². The molecule has 0 saturated heterocycles. The van der Waals surface area contributed by atoms with E-state index in [-0.39, 0.29) is 10.7 Å². The molecule has 6 nitrogen and oxygen atoms in total. The van der Waals surface area contributed by atoms with E-state index in [0.717, 1.165) is 18.4 Å². The van der Waals surface area contributed by atoms with Gasteiger partial charge in [-0.1, -0.05) is 18.2 Å². The second-order valence-electron chi connectivity index (χ2n) is 4.52. The molecular weight excluding hydrogens is 347 g/mol. The van der Waals surface area contributed by atoms with Crippen LogP contribution >= 0.6 is 11.3 Å².